The highest BCUT2D eigenvalue weighted by Gasteiger charge is 2.38. The minimum Gasteiger partial charge on any atom is -0.853 e. The lowest BCUT2D eigenvalue weighted by Crippen LogP contribution is -2.52. The Kier molecular flexibility index (Phi) is 9.27. The Hall–Kier alpha value is -1.94. The Morgan fingerprint density at radius 3 is 1.84 bits per heavy atom. The SMILES string of the molecule is CC(C)(C)CC(C)(C)N(CCOCC[O-])C(=O)CP(=O)(c1ccccc1)c1ccccc1. The molecular formula is C26H37NO4P-. The van der Waals surface area contributed by atoms with E-state index in [1.165, 1.54) is 0 Å². The van der Waals surface area contributed by atoms with Gasteiger partial charge in [-0.2, -0.15) is 0 Å². The van der Waals surface area contributed by atoms with Gasteiger partial charge in [0.1, 0.15) is 0 Å². The predicted octanol–water partition coefficient (Wildman–Crippen LogP) is 3.42. The molecule has 2 aromatic carbocycles. The van der Waals surface area contributed by atoms with Crippen molar-refractivity contribution in [2.45, 2.75) is 46.6 Å². The highest BCUT2D eigenvalue weighted by molar-refractivity contribution is 7.79. The summed E-state index contributed by atoms with van der Waals surface area (Å²) < 4.78 is 19.8. The van der Waals surface area contributed by atoms with Crippen molar-refractivity contribution in [3.8, 4) is 0 Å². The zero-order chi connectivity index (χ0) is 23.8. The van der Waals surface area contributed by atoms with Crippen molar-refractivity contribution >= 4 is 23.7 Å². The summed E-state index contributed by atoms with van der Waals surface area (Å²) >= 11 is 0. The average Bonchev–Trinajstić information content (AvgIpc) is 2.73. The minimum absolute atomic E-state index is 0.000458. The fraction of sp³-hybridized carbons (Fsp3) is 0.500. The van der Waals surface area contributed by atoms with Crippen molar-refractivity contribution in [1.82, 2.24) is 4.90 Å². The van der Waals surface area contributed by atoms with Crippen molar-refractivity contribution in [2.75, 3.05) is 32.5 Å². The van der Waals surface area contributed by atoms with E-state index in [1.54, 1.807) is 4.90 Å². The van der Waals surface area contributed by atoms with Gasteiger partial charge in [0.2, 0.25) is 5.91 Å². The zero-order valence-corrected chi connectivity index (χ0v) is 20.9. The second-order valence-electron chi connectivity index (χ2n) is 9.98. The topological polar surface area (TPSA) is 69.7 Å². The lowest BCUT2D eigenvalue weighted by atomic mass is 9.80. The number of hydrogen-bond donors (Lipinski definition) is 0. The third-order valence-corrected chi connectivity index (χ3v) is 8.37. The molecule has 0 aromatic heterocycles. The van der Waals surface area contributed by atoms with Crippen molar-refractivity contribution < 1.29 is 19.2 Å². The summed E-state index contributed by atoms with van der Waals surface area (Å²) in [6.07, 6.45) is 0.685. The molecule has 0 aliphatic carbocycles. The molecule has 0 radical (unpaired) electrons. The van der Waals surface area contributed by atoms with Gasteiger partial charge in [0.05, 0.1) is 12.8 Å². The van der Waals surface area contributed by atoms with Crippen molar-refractivity contribution in [3.05, 3.63) is 60.7 Å². The van der Waals surface area contributed by atoms with E-state index in [2.05, 4.69) is 20.8 Å². The number of carbonyl (C=O) groups excluding carboxylic acids is 1. The van der Waals surface area contributed by atoms with Gasteiger partial charge in [-0.15, -0.1) is 6.61 Å². The van der Waals surface area contributed by atoms with E-state index in [1.807, 2.05) is 74.5 Å². The second-order valence-corrected chi connectivity index (χ2v) is 12.8. The molecule has 5 nitrogen and oxygen atoms in total. The number of hydrogen-bond acceptors (Lipinski definition) is 4. The van der Waals surface area contributed by atoms with Crippen molar-refractivity contribution in [3.63, 3.8) is 0 Å². The van der Waals surface area contributed by atoms with E-state index >= 15 is 0 Å². The number of carbonyl (C=O) groups is 1. The fourth-order valence-electron chi connectivity index (χ4n) is 4.42. The van der Waals surface area contributed by atoms with E-state index in [4.69, 9.17) is 4.74 Å². The molecule has 0 atom stereocenters. The van der Waals surface area contributed by atoms with Gasteiger partial charge in [0.15, 0.2) is 7.14 Å². The van der Waals surface area contributed by atoms with Crippen LogP contribution in [0.3, 0.4) is 0 Å². The first kappa shape index (κ1) is 26.3. The molecular weight excluding hydrogens is 421 g/mol. The van der Waals surface area contributed by atoms with Gasteiger partial charge in [-0.3, -0.25) is 4.79 Å². The van der Waals surface area contributed by atoms with Crippen molar-refractivity contribution in [1.29, 1.82) is 0 Å². The quantitative estimate of drug-likeness (QED) is 0.382. The molecule has 0 saturated carbocycles. The Balaban J connectivity index is 2.40. The number of amides is 1. The summed E-state index contributed by atoms with van der Waals surface area (Å²) in [6, 6.07) is 18.5. The van der Waals surface area contributed by atoms with Gasteiger partial charge in [-0.1, -0.05) is 81.4 Å². The molecule has 2 aromatic rings. The summed E-state index contributed by atoms with van der Waals surface area (Å²) in [5.74, 6) is -0.166. The van der Waals surface area contributed by atoms with Crippen LogP contribution >= 0.6 is 7.14 Å². The zero-order valence-electron chi connectivity index (χ0n) is 20.0. The standard InChI is InChI=1S/C26H37NO4P/c1-25(2,3)21-26(4,5)27(16-18-31-19-17-28)24(29)20-32(30,22-12-8-6-9-13-22)23-14-10-7-11-15-23/h6-15H,16-21H2,1-5H3/q-1. The summed E-state index contributed by atoms with van der Waals surface area (Å²) in [6.45, 7) is 11.0. The number of nitrogens with zero attached hydrogens (tertiary/aromatic N) is 1. The third kappa shape index (κ3) is 7.30. The first-order valence-corrected chi connectivity index (χ1v) is 13.1. The second kappa shape index (κ2) is 11.3. The summed E-state index contributed by atoms with van der Waals surface area (Å²) in [5, 5.41) is 12.1. The van der Waals surface area contributed by atoms with Crippen LogP contribution in [0, 0.1) is 5.41 Å². The Labute approximate surface area is 193 Å². The molecule has 1 amide bonds. The average molecular weight is 459 g/mol. The van der Waals surface area contributed by atoms with E-state index in [0.717, 1.165) is 6.42 Å². The summed E-state index contributed by atoms with van der Waals surface area (Å²) in [4.78, 5) is 15.5. The van der Waals surface area contributed by atoms with E-state index < -0.39 is 12.7 Å². The Morgan fingerprint density at radius 1 is 0.906 bits per heavy atom. The fourth-order valence-corrected chi connectivity index (χ4v) is 6.94. The molecule has 0 saturated heterocycles. The van der Waals surface area contributed by atoms with Crippen LogP contribution in [0.25, 0.3) is 0 Å². The monoisotopic (exact) mass is 458 g/mol. The molecule has 0 aliphatic rings. The van der Waals surface area contributed by atoms with Crippen LogP contribution in [0.5, 0.6) is 0 Å². The molecule has 0 N–H and O–H groups in total. The molecule has 6 heteroatoms. The first-order valence-electron chi connectivity index (χ1n) is 11.2. The van der Waals surface area contributed by atoms with Crippen LogP contribution in [-0.4, -0.2) is 48.9 Å². The molecule has 32 heavy (non-hydrogen) atoms. The van der Waals surface area contributed by atoms with Gasteiger partial charge < -0.3 is 19.3 Å². The van der Waals surface area contributed by atoms with Gasteiger partial charge in [-0.25, -0.2) is 0 Å². The minimum atomic E-state index is -3.18. The van der Waals surface area contributed by atoms with E-state index in [0.29, 0.717) is 17.2 Å². The Bertz CT molecular complexity index is 848. The molecule has 0 aliphatic heterocycles. The maximum absolute atomic E-state index is 14.4. The highest BCUT2D eigenvalue weighted by Crippen LogP contribution is 2.44. The highest BCUT2D eigenvalue weighted by atomic mass is 31.2. The lowest BCUT2D eigenvalue weighted by Gasteiger charge is -2.43. The molecule has 0 unspecified atom stereocenters. The molecule has 0 bridgehead atoms. The molecule has 0 heterocycles. The first-order chi connectivity index (χ1) is 15.0. The van der Waals surface area contributed by atoms with Crippen LogP contribution < -0.4 is 15.7 Å². The lowest BCUT2D eigenvalue weighted by molar-refractivity contribution is -0.374. The number of ether oxygens (including phenoxy) is 1. The van der Waals surface area contributed by atoms with Gasteiger partial charge >= 0.3 is 0 Å². The van der Waals surface area contributed by atoms with E-state index in [-0.39, 0.29) is 37.3 Å². The van der Waals surface area contributed by atoms with E-state index in [9.17, 15) is 14.5 Å². The summed E-state index contributed by atoms with van der Waals surface area (Å²) in [5.41, 5.74) is -0.463. The number of benzene rings is 2. The van der Waals surface area contributed by atoms with Crippen molar-refractivity contribution in [2.24, 2.45) is 5.41 Å². The summed E-state index contributed by atoms with van der Waals surface area (Å²) in [7, 11) is -3.18. The van der Waals surface area contributed by atoms with Crippen LogP contribution in [0.2, 0.25) is 0 Å². The molecule has 0 spiro atoms. The van der Waals surface area contributed by atoms with Gasteiger partial charge in [-0.05, 0) is 25.7 Å². The Morgan fingerprint density at radius 2 is 1.41 bits per heavy atom. The van der Waals surface area contributed by atoms with Gasteiger partial charge in [0.25, 0.3) is 0 Å². The third-order valence-electron chi connectivity index (χ3n) is 5.39. The maximum Gasteiger partial charge on any atom is 0.231 e. The van der Waals surface area contributed by atoms with Crippen LogP contribution in [0.4, 0.5) is 0 Å². The smallest absolute Gasteiger partial charge is 0.231 e. The predicted molar refractivity (Wildman–Crippen MR) is 130 cm³/mol. The van der Waals surface area contributed by atoms with Crippen LogP contribution in [-0.2, 0) is 14.1 Å². The molecule has 2 rings (SSSR count). The van der Waals surface area contributed by atoms with Crippen LogP contribution in [0.1, 0.15) is 41.0 Å². The van der Waals surface area contributed by atoms with Crippen LogP contribution in [0.15, 0.2) is 60.7 Å². The maximum atomic E-state index is 14.4. The van der Waals surface area contributed by atoms with Gasteiger partial charge in [0, 0.05) is 29.3 Å². The molecule has 176 valence electrons. The molecule has 0 fully saturated rings. The largest absolute Gasteiger partial charge is 0.853 e. The normalized spacial score (nSPS) is 12.6. The number of rotatable bonds is 11.